The average Bonchev–Trinajstić information content (AvgIpc) is 3.41. The second-order valence-corrected chi connectivity index (χ2v) is 6.92. The van der Waals surface area contributed by atoms with Gasteiger partial charge in [-0.2, -0.15) is 5.10 Å². The molecule has 162 valence electrons. The first-order valence-electron chi connectivity index (χ1n) is 9.65. The van der Waals surface area contributed by atoms with Crippen LogP contribution in [0.1, 0.15) is 30.3 Å². The molecule has 0 aliphatic heterocycles. The van der Waals surface area contributed by atoms with Gasteiger partial charge < -0.3 is 15.4 Å². The lowest BCUT2D eigenvalue weighted by molar-refractivity contribution is -0.274. The number of ether oxygens (including phenoxy) is 1. The Labute approximate surface area is 175 Å². The monoisotopic (exact) mass is 432 g/mol. The number of anilines is 2. The molecular weight excluding hydrogens is 413 g/mol. The molecule has 1 saturated carbocycles. The molecule has 1 amide bonds. The molecule has 1 aliphatic rings. The summed E-state index contributed by atoms with van der Waals surface area (Å²) in [5.74, 6) is -0.302. The summed E-state index contributed by atoms with van der Waals surface area (Å²) in [4.78, 5) is 21.4. The maximum absolute atomic E-state index is 12.9. The van der Waals surface area contributed by atoms with E-state index in [2.05, 4.69) is 30.4 Å². The van der Waals surface area contributed by atoms with Crippen LogP contribution in [0.4, 0.5) is 24.7 Å². The number of benzene rings is 1. The molecule has 2 heterocycles. The van der Waals surface area contributed by atoms with Crippen molar-refractivity contribution in [2.45, 2.75) is 38.7 Å². The highest BCUT2D eigenvalue weighted by Gasteiger charge is 2.31. The lowest BCUT2D eigenvalue weighted by Gasteiger charge is -2.16. The Bertz CT molecular complexity index is 1080. The number of amides is 1. The molecule has 0 saturated heterocycles. The standard InChI is InChI=1S/C20H19F3N6O2/c1-2-29-15(9-10-26-29)19(30)28-17-16(24-11-25-18(17)27-13-5-6-13)12-3-7-14(8-4-12)31-20(21,22)23/h3-4,7-11,13H,2,5-6H2,1H3,(H,28,30)(H,24,25,27). The lowest BCUT2D eigenvalue weighted by atomic mass is 10.1. The Hall–Kier alpha value is -3.63. The number of carbonyl (C=O) groups is 1. The van der Waals surface area contributed by atoms with Gasteiger partial charge in [0.1, 0.15) is 23.5 Å². The van der Waals surface area contributed by atoms with Gasteiger partial charge in [0.15, 0.2) is 5.82 Å². The van der Waals surface area contributed by atoms with Gasteiger partial charge >= 0.3 is 6.36 Å². The van der Waals surface area contributed by atoms with Crippen LogP contribution in [-0.2, 0) is 6.54 Å². The molecule has 8 nitrogen and oxygen atoms in total. The topological polar surface area (TPSA) is 94.0 Å². The molecule has 3 aromatic rings. The van der Waals surface area contributed by atoms with Crippen molar-refractivity contribution < 1.29 is 22.7 Å². The molecule has 0 atom stereocenters. The summed E-state index contributed by atoms with van der Waals surface area (Å²) in [7, 11) is 0. The number of rotatable bonds is 7. The van der Waals surface area contributed by atoms with Crippen LogP contribution in [0.15, 0.2) is 42.9 Å². The van der Waals surface area contributed by atoms with E-state index < -0.39 is 12.3 Å². The summed E-state index contributed by atoms with van der Waals surface area (Å²) in [5.41, 5.74) is 1.57. The first-order valence-corrected chi connectivity index (χ1v) is 9.65. The maximum atomic E-state index is 12.9. The van der Waals surface area contributed by atoms with Gasteiger partial charge in [-0.1, -0.05) is 0 Å². The third-order valence-electron chi connectivity index (χ3n) is 4.61. The fourth-order valence-corrected chi connectivity index (χ4v) is 3.02. The molecule has 4 rings (SSSR count). The van der Waals surface area contributed by atoms with Crippen molar-refractivity contribution in [3.63, 3.8) is 0 Å². The largest absolute Gasteiger partial charge is 0.573 e. The van der Waals surface area contributed by atoms with Crippen LogP contribution in [0.5, 0.6) is 5.75 Å². The number of aryl methyl sites for hydroxylation is 1. The highest BCUT2D eigenvalue weighted by molar-refractivity contribution is 6.06. The van der Waals surface area contributed by atoms with Crippen LogP contribution in [0.2, 0.25) is 0 Å². The fourth-order valence-electron chi connectivity index (χ4n) is 3.02. The van der Waals surface area contributed by atoms with Crippen LogP contribution in [0, 0.1) is 0 Å². The Balaban J connectivity index is 1.68. The molecular formula is C20H19F3N6O2. The quantitative estimate of drug-likeness (QED) is 0.584. The first kappa shape index (κ1) is 20.6. The summed E-state index contributed by atoms with van der Waals surface area (Å²) in [6.45, 7) is 2.38. The number of carbonyl (C=O) groups excluding carboxylic acids is 1. The number of nitrogens with zero attached hydrogens (tertiary/aromatic N) is 4. The van der Waals surface area contributed by atoms with Crippen LogP contribution >= 0.6 is 0 Å². The Morgan fingerprint density at radius 3 is 2.58 bits per heavy atom. The van der Waals surface area contributed by atoms with E-state index in [4.69, 9.17) is 0 Å². The highest BCUT2D eigenvalue weighted by atomic mass is 19.4. The van der Waals surface area contributed by atoms with Gasteiger partial charge in [-0.25, -0.2) is 9.97 Å². The SMILES string of the molecule is CCn1nccc1C(=O)Nc1c(NC2CC2)ncnc1-c1ccc(OC(F)(F)F)cc1. The molecule has 1 aliphatic carbocycles. The van der Waals surface area contributed by atoms with Crippen molar-refractivity contribution in [3.05, 3.63) is 48.5 Å². The molecule has 0 bridgehead atoms. The van der Waals surface area contributed by atoms with Gasteiger partial charge in [0.25, 0.3) is 5.91 Å². The second-order valence-electron chi connectivity index (χ2n) is 6.92. The third-order valence-corrected chi connectivity index (χ3v) is 4.61. The van der Waals surface area contributed by atoms with Crippen LogP contribution in [0.25, 0.3) is 11.3 Å². The molecule has 1 aromatic carbocycles. The minimum Gasteiger partial charge on any atom is -0.406 e. The molecule has 11 heteroatoms. The van der Waals surface area contributed by atoms with Crippen LogP contribution in [0.3, 0.4) is 0 Å². The molecule has 0 unspecified atom stereocenters. The summed E-state index contributed by atoms with van der Waals surface area (Å²) in [5, 5.41) is 10.2. The second kappa shape index (κ2) is 8.25. The van der Waals surface area contributed by atoms with Crippen molar-refractivity contribution >= 4 is 17.4 Å². The van der Waals surface area contributed by atoms with E-state index in [0.717, 1.165) is 12.8 Å². The number of hydrogen-bond donors (Lipinski definition) is 2. The molecule has 2 aromatic heterocycles. The smallest absolute Gasteiger partial charge is 0.406 e. The van der Waals surface area contributed by atoms with Gasteiger partial charge in [0.2, 0.25) is 0 Å². The number of hydrogen-bond acceptors (Lipinski definition) is 6. The number of nitrogens with one attached hydrogen (secondary N) is 2. The zero-order valence-corrected chi connectivity index (χ0v) is 16.5. The maximum Gasteiger partial charge on any atom is 0.573 e. The van der Waals surface area contributed by atoms with Gasteiger partial charge in [-0.15, -0.1) is 13.2 Å². The van der Waals surface area contributed by atoms with Crippen molar-refractivity contribution in [2.24, 2.45) is 0 Å². The van der Waals surface area contributed by atoms with Crippen molar-refractivity contribution in [2.75, 3.05) is 10.6 Å². The predicted octanol–water partition coefficient (Wildman–Crippen LogP) is 4.09. The van der Waals surface area contributed by atoms with Crippen LogP contribution < -0.4 is 15.4 Å². The Morgan fingerprint density at radius 1 is 1.19 bits per heavy atom. The average molecular weight is 432 g/mol. The fraction of sp³-hybridized carbons (Fsp3) is 0.300. The van der Waals surface area contributed by atoms with Gasteiger partial charge in [0, 0.05) is 24.3 Å². The molecule has 2 N–H and O–H groups in total. The number of halogens is 3. The van der Waals surface area contributed by atoms with E-state index in [-0.39, 0.29) is 11.8 Å². The van der Waals surface area contributed by atoms with E-state index in [1.54, 1.807) is 10.7 Å². The van der Waals surface area contributed by atoms with Gasteiger partial charge in [0.05, 0.1) is 5.69 Å². The summed E-state index contributed by atoms with van der Waals surface area (Å²) < 4.78 is 42.8. The van der Waals surface area contributed by atoms with Crippen molar-refractivity contribution in [1.82, 2.24) is 19.7 Å². The Kier molecular flexibility index (Phi) is 5.49. The number of alkyl halides is 3. The van der Waals surface area contributed by atoms with E-state index >= 15 is 0 Å². The summed E-state index contributed by atoms with van der Waals surface area (Å²) >= 11 is 0. The van der Waals surface area contributed by atoms with Crippen LogP contribution in [-0.4, -0.2) is 38.1 Å². The molecule has 0 spiro atoms. The summed E-state index contributed by atoms with van der Waals surface area (Å²) in [6, 6.07) is 7.11. The Morgan fingerprint density at radius 2 is 1.94 bits per heavy atom. The highest BCUT2D eigenvalue weighted by Crippen LogP contribution is 2.35. The lowest BCUT2D eigenvalue weighted by Crippen LogP contribution is -2.20. The van der Waals surface area contributed by atoms with Gasteiger partial charge in [-0.3, -0.25) is 9.48 Å². The van der Waals surface area contributed by atoms with Crippen molar-refractivity contribution in [3.8, 4) is 17.0 Å². The van der Waals surface area contributed by atoms with E-state index in [9.17, 15) is 18.0 Å². The van der Waals surface area contributed by atoms with E-state index in [1.165, 1.54) is 36.8 Å². The number of aromatic nitrogens is 4. The van der Waals surface area contributed by atoms with Gasteiger partial charge in [-0.05, 0) is 50.1 Å². The summed E-state index contributed by atoms with van der Waals surface area (Å²) in [6.07, 6.45) is 0.0619. The molecule has 31 heavy (non-hydrogen) atoms. The third kappa shape index (κ3) is 4.93. The first-order chi connectivity index (χ1) is 14.8. The molecule has 1 fully saturated rings. The molecule has 0 radical (unpaired) electrons. The zero-order valence-electron chi connectivity index (χ0n) is 16.5. The minimum atomic E-state index is -4.78. The minimum absolute atomic E-state index is 0.252. The van der Waals surface area contributed by atoms with E-state index in [0.29, 0.717) is 35.0 Å². The predicted molar refractivity (Wildman–Crippen MR) is 107 cm³/mol. The zero-order chi connectivity index (χ0) is 22.0. The van der Waals surface area contributed by atoms with Crippen molar-refractivity contribution in [1.29, 1.82) is 0 Å². The normalized spacial score (nSPS) is 13.7. The van der Waals surface area contributed by atoms with E-state index in [1.807, 2.05) is 6.92 Å².